The van der Waals surface area contributed by atoms with E-state index in [1.54, 1.807) is 24.1 Å². The van der Waals surface area contributed by atoms with Crippen LogP contribution in [0.25, 0.3) is 0 Å². The number of likely N-dealkylation sites (N-methyl/N-ethyl adjacent to an activating group) is 2. The van der Waals surface area contributed by atoms with E-state index < -0.39 is 38.5 Å². The number of sulfonamides is 1. The number of piperidine rings is 1. The van der Waals surface area contributed by atoms with Crippen molar-refractivity contribution in [2.75, 3.05) is 52.2 Å². The Bertz CT molecular complexity index is 1180. The first-order valence-electron chi connectivity index (χ1n) is 11.4. The molecule has 2 aromatic carbocycles. The molecule has 3 rings (SSSR count). The van der Waals surface area contributed by atoms with Crippen LogP contribution in [-0.4, -0.2) is 77.5 Å². The van der Waals surface area contributed by atoms with Crippen molar-refractivity contribution in [3.63, 3.8) is 0 Å². The van der Waals surface area contributed by atoms with Crippen molar-refractivity contribution in [1.82, 2.24) is 14.5 Å². The minimum Gasteiger partial charge on any atom is -0.371 e. The molecule has 0 aliphatic carbocycles. The summed E-state index contributed by atoms with van der Waals surface area (Å²) in [7, 11) is 1.18. The molecule has 36 heavy (non-hydrogen) atoms. The standard InChI is InChI=1S/C24H30F4N4O3S/c1-30(2)14-15-31(3)21-9-8-17(16-20(21)25)23(33)32-12-10-18(11-13-32)29-36(34,35)22-7-5-4-6-19(22)24(26,27)28/h4-9,16,18,29H,10-15H2,1-3H3. The molecule has 1 N–H and O–H groups in total. The summed E-state index contributed by atoms with van der Waals surface area (Å²) in [6.45, 7) is 1.70. The smallest absolute Gasteiger partial charge is 0.371 e. The second-order valence-corrected chi connectivity index (χ2v) is 10.8. The Labute approximate surface area is 208 Å². The third-order valence-corrected chi connectivity index (χ3v) is 7.65. The number of carbonyl (C=O) groups is 1. The van der Waals surface area contributed by atoms with Crippen molar-refractivity contribution in [1.29, 1.82) is 0 Å². The van der Waals surface area contributed by atoms with Gasteiger partial charge in [0.15, 0.2) is 0 Å². The zero-order valence-electron chi connectivity index (χ0n) is 20.3. The zero-order chi connectivity index (χ0) is 26.7. The van der Waals surface area contributed by atoms with Gasteiger partial charge in [0.05, 0.1) is 16.1 Å². The molecular weight excluding hydrogens is 500 g/mol. The molecule has 1 aliphatic rings. The number of hydrogen-bond acceptors (Lipinski definition) is 5. The van der Waals surface area contributed by atoms with Crippen LogP contribution in [0.2, 0.25) is 0 Å². The van der Waals surface area contributed by atoms with Crippen molar-refractivity contribution in [3.8, 4) is 0 Å². The van der Waals surface area contributed by atoms with Gasteiger partial charge in [-0.1, -0.05) is 12.1 Å². The second-order valence-electron chi connectivity index (χ2n) is 9.07. The van der Waals surface area contributed by atoms with E-state index in [1.807, 2.05) is 19.0 Å². The van der Waals surface area contributed by atoms with E-state index in [0.717, 1.165) is 24.7 Å². The highest BCUT2D eigenvalue weighted by atomic mass is 32.2. The van der Waals surface area contributed by atoms with Gasteiger partial charge in [-0.25, -0.2) is 17.5 Å². The van der Waals surface area contributed by atoms with E-state index in [0.29, 0.717) is 12.2 Å². The van der Waals surface area contributed by atoms with Gasteiger partial charge in [0.1, 0.15) is 5.82 Å². The zero-order valence-corrected chi connectivity index (χ0v) is 21.2. The number of alkyl halides is 3. The number of halogens is 4. The molecule has 2 aromatic rings. The number of benzene rings is 2. The van der Waals surface area contributed by atoms with Crippen molar-refractivity contribution in [3.05, 3.63) is 59.4 Å². The summed E-state index contributed by atoms with van der Waals surface area (Å²) in [6.07, 6.45) is -4.38. The topological polar surface area (TPSA) is 73.0 Å². The van der Waals surface area contributed by atoms with Crippen LogP contribution in [0.3, 0.4) is 0 Å². The van der Waals surface area contributed by atoms with E-state index >= 15 is 0 Å². The van der Waals surface area contributed by atoms with Gasteiger partial charge in [0.2, 0.25) is 10.0 Å². The van der Waals surface area contributed by atoms with Crippen LogP contribution in [0.4, 0.5) is 23.2 Å². The van der Waals surface area contributed by atoms with Gasteiger partial charge in [-0.15, -0.1) is 0 Å². The fraction of sp³-hybridized carbons (Fsp3) is 0.458. The molecule has 1 saturated heterocycles. The number of carbonyl (C=O) groups excluding carboxylic acids is 1. The Morgan fingerprint density at radius 1 is 1.06 bits per heavy atom. The lowest BCUT2D eigenvalue weighted by Crippen LogP contribution is -2.46. The molecular formula is C24H30F4N4O3S. The molecule has 7 nitrogen and oxygen atoms in total. The second kappa shape index (κ2) is 11.1. The van der Waals surface area contributed by atoms with Crippen LogP contribution in [0.5, 0.6) is 0 Å². The summed E-state index contributed by atoms with van der Waals surface area (Å²) in [5.41, 5.74) is -0.681. The molecule has 0 spiro atoms. The molecule has 12 heteroatoms. The normalized spacial score (nSPS) is 15.4. The van der Waals surface area contributed by atoms with Gasteiger partial charge >= 0.3 is 6.18 Å². The maximum Gasteiger partial charge on any atom is 0.417 e. The van der Waals surface area contributed by atoms with Gasteiger partial charge < -0.3 is 14.7 Å². The Balaban J connectivity index is 1.62. The summed E-state index contributed by atoms with van der Waals surface area (Å²) in [4.78, 5) is 17.3. The number of anilines is 1. The first kappa shape index (κ1) is 27.9. The minimum atomic E-state index is -4.81. The average Bonchev–Trinajstić information content (AvgIpc) is 2.81. The number of likely N-dealkylation sites (tertiary alicyclic amines) is 1. The Kier molecular flexibility index (Phi) is 8.63. The summed E-state index contributed by atoms with van der Waals surface area (Å²) < 4.78 is 82.2. The third kappa shape index (κ3) is 6.74. The predicted octanol–water partition coefficient (Wildman–Crippen LogP) is 3.43. The lowest BCUT2D eigenvalue weighted by Gasteiger charge is -2.32. The maximum absolute atomic E-state index is 14.7. The quantitative estimate of drug-likeness (QED) is 0.530. The summed E-state index contributed by atoms with van der Waals surface area (Å²) in [5.74, 6) is -0.909. The fourth-order valence-electron chi connectivity index (χ4n) is 4.02. The van der Waals surface area contributed by atoms with Crippen LogP contribution < -0.4 is 9.62 Å². The van der Waals surface area contributed by atoms with E-state index in [9.17, 15) is 30.8 Å². The number of rotatable bonds is 8. The van der Waals surface area contributed by atoms with Gasteiger partial charge in [-0.3, -0.25) is 4.79 Å². The van der Waals surface area contributed by atoms with Crippen molar-refractivity contribution < 1.29 is 30.8 Å². The maximum atomic E-state index is 14.7. The average molecular weight is 531 g/mol. The highest BCUT2D eigenvalue weighted by molar-refractivity contribution is 7.89. The first-order valence-corrected chi connectivity index (χ1v) is 12.9. The van der Waals surface area contributed by atoms with Crippen molar-refractivity contribution in [2.45, 2.75) is 30.0 Å². The molecule has 0 radical (unpaired) electrons. The summed E-state index contributed by atoms with van der Waals surface area (Å²) >= 11 is 0. The molecule has 1 fully saturated rings. The lowest BCUT2D eigenvalue weighted by atomic mass is 10.0. The molecule has 198 valence electrons. The van der Waals surface area contributed by atoms with Crippen LogP contribution in [0.15, 0.2) is 47.4 Å². The number of hydrogen-bond donors (Lipinski definition) is 1. The predicted molar refractivity (Wildman–Crippen MR) is 129 cm³/mol. The van der Waals surface area contributed by atoms with Crippen LogP contribution in [0.1, 0.15) is 28.8 Å². The number of amides is 1. The van der Waals surface area contributed by atoms with Crippen LogP contribution in [-0.2, 0) is 16.2 Å². The highest BCUT2D eigenvalue weighted by Crippen LogP contribution is 2.34. The van der Waals surface area contributed by atoms with Gasteiger partial charge in [0.25, 0.3) is 5.91 Å². The Morgan fingerprint density at radius 2 is 1.69 bits per heavy atom. The van der Waals surface area contributed by atoms with Crippen molar-refractivity contribution >= 4 is 21.6 Å². The van der Waals surface area contributed by atoms with E-state index in [2.05, 4.69) is 4.72 Å². The molecule has 1 aliphatic heterocycles. The number of nitrogens with zero attached hydrogens (tertiary/aromatic N) is 3. The molecule has 1 amide bonds. The van der Waals surface area contributed by atoms with Gasteiger partial charge in [-0.2, -0.15) is 13.2 Å². The molecule has 0 saturated carbocycles. The molecule has 0 aromatic heterocycles. The van der Waals surface area contributed by atoms with E-state index in [4.69, 9.17) is 0 Å². The van der Waals surface area contributed by atoms with Crippen molar-refractivity contribution in [2.24, 2.45) is 0 Å². The SMILES string of the molecule is CN(C)CCN(C)c1ccc(C(=O)N2CCC(NS(=O)(=O)c3ccccc3C(F)(F)F)CC2)cc1F. The third-order valence-electron chi connectivity index (χ3n) is 6.07. The Morgan fingerprint density at radius 3 is 2.28 bits per heavy atom. The summed E-state index contributed by atoms with van der Waals surface area (Å²) in [5, 5.41) is 0. The largest absolute Gasteiger partial charge is 0.417 e. The molecule has 0 unspecified atom stereocenters. The summed E-state index contributed by atoms with van der Waals surface area (Å²) in [6, 6.07) is 7.66. The molecule has 1 heterocycles. The monoisotopic (exact) mass is 530 g/mol. The van der Waals surface area contributed by atoms with Gasteiger partial charge in [0, 0.05) is 44.8 Å². The first-order chi connectivity index (χ1) is 16.8. The van der Waals surface area contributed by atoms with Crippen LogP contribution >= 0.6 is 0 Å². The van der Waals surface area contributed by atoms with E-state index in [-0.39, 0.29) is 37.4 Å². The molecule has 0 bridgehead atoms. The number of nitrogens with one attached hydrogen (secondary N) is 1. The van der Waals surface area contributed by atoms with E-state index in [1.165, 1.54) is 17.0 Å². The lowest BCUT2D eigenvalue weighted by molar-refractivity contribution is -0.139. The molecule has 0 atom stereocenters. The fourth-order valence-corrected chi connectivity index (χ4v) is 5.55. The van der Waals surface area contributed by atoms with Gasteiger partial charge in [-0.05, 0) is 57.3 Å². The van der Waals surface area contributed by atoms with Crippen LogP contribution in [0, 0.1) is 5.82 Å². The Hall–Kier alpha value is -2.70. The highest BCUT2D eigenvalue weighted by Gasteiger charge is 2.38. The minimum absolute atomic E-state index is 0.176.